The summed E-state index contributed by atoms with van der Waals surface area (Å²) in [4.78, 5) is 12.4. The Labute approximate surface area is 112 Å². The standard InChI is InChI=1S/C15H16N2O2/c1-3-16(13-6-4-12(2)5-7-13)14-8-10-15(11-9-14)17(18)19/h4-11H,3H2,1-2H3. The summed E-state index contributed by atoms with van der Waals surface area (Å²) >= 11 is 0. The van der Waals surface area contributed by atoms with Gasteiger partial charge in [-0.15, -0.1) is 0 Å². The lowest BCUT2D eigenvalue weighted by Crippen LogP contribution is -2.15. The second-order valence-electron chi connectivity index (χ2n) is 4.35. The van der Waals surface area contributed by atoms with Crippen LogP contribution in [0, 0.1) is 17.0 Å². The van der Waals surface area contributed by atoms with Gasteiger partial charge in [-0.2, -0.15) is 0 Å². The number of anilines is 2. The van der Waals surface area contributed by atoms with Crippen molar-refractivity contribution in [1.82, 2.24) is 0 Å². The summed E-state index contributed by atoms with van der Waals surface area (Å²) in [6, 6.07) is 14.9. The number of nitrogens with zero attached hydrogens (tertiary/aromatic N) is 2. The molecular weight excluding hydrogens is 240 g/mol. The van der Waals surface area contributed by atoms with E-state index in [-0.39, 0.29) is 10.6 Å². The molecule has 2 aromatic carbocycles. The van der Waals surface area contributed by atoms with Crippen LogP contribution >= 0.6 is 0 Å². The molecule has 4 heteroatoms. The van der Waals surface area contributed by atoms with Crippen LogP contribution in [0.25, 0.3) is 0 Å². The van der Waals surface area contributed by atoms with Gasteiger partial charge < -0.3 is 4.90 Å². The summed E-state index contributed by atoms with van der Waals surface area (Å²) < 4.78 is 0. The first kappa shape index (κ1) is 13.1. The second-order valence-corrected chi connectivity index (χ2v) is 4.35. The molecule has 0 saturated carbocycles. The number of non-ortho nitro benzene ring substituents is 1. The molecule has 0 spiro atoms. The van der Waals surface area contributed by atoms with E-state index in [1.165, 1.54) is 17.7 Å². The Morgan fingerprint density at radius 3 is 1.89 bits per heavy atom. The minimum absolute atomic E-state index is 0.115. The highest BCUT2D eigenvalue weighted by atomic mass is 16.6. The van der Waals surface area contributed by atoms with E-state index in [4.69, 9.17) is 0 Å². The molecule has 0 fully saturated rings. The number of hydrogen-bond donors (Lipinski definition) is 0. The summed E-state index contributed by atoms with van der Waals surface area (Å²) in [6.45, 7) is 4.91. The lowest BCUT2D eigenvalue weighted by Gasteiger charge is -2.23. The van der Waals surface area contributed by atoms with Gasteiger partial charge in [0.1, 0.15) is 0 Å². The number of nitro groups is 1. The van der Waals surface area contributed by atoms with Crippen LogP contribution in [0.1, 0.15) is 12.5 Å². The van der Waals surface area contributed by atoms with Gasteiger partial charge in [0.2, 0.25) is 0 Å². The van der Waals surface area contributed by atoms with Crippen LogP contribution in [-0.4, -0.2) is 11.5 Å². The molecule has 98 valence electrons. The Bertz CT molecular complexity index is 562. The zero-order valence-corrected chi connectivity index (χ0v) is 11.0. The van der Waals surface area contributed by atoms with Gasteiger partial charge in [0.25, 0.3) is 5.69 Å². The smallest absolute Gasteiger partial charge is 0.269 e. The quantitative estimate of drug-likeness (QED) is 0.612. The van der Waals surface area contributed by atoms with Crippen molar-refractivity contribution in [2.24, 2.45) is 0 Å². The summed E-state index contributed by atoms with van der Waals surface area (Å²) in [6.07, 6.45) is 0. The van der Waals surface area contributed by atoms with Crippen LogP contribution < -0.4 is 4.90 Å². The Kier molecular flexibility index (Phi) is 3.80. The summed E-state index contributed by atoms with van der Waals surface area (Å²) in [5.41, 5.74) is 3.37. The van der Waals surface area contributed by atoms with Crippen molar-refractivity contribution in [3.8, 4) is 0 Å². The van der Waals surface area contributed by atoms with Crippen molar-refractivity contribution >= 4 is 17.1 Å². The number of aryl methyl sites for hydroxylation is 1. The number of benzene rings is 2. The Morgan fingerprint density at radius 1 is 1.00 bits per heavy atom. The van der Waals surface area contributed by atoms with E-state index in [9.17, 15) is 10.1 Å². The van der Waals surface area contributed by atoms with E-state index in [1.807, 2.05) is 6.92 Å². The van der Waals surface area contributed by atoms with E-state index in [2.05, 4.69) is 36.1 Å². The lowest BCUT2D eigenvalue weighted by molar-refractivity contribution is -0.384. The van der Waals surface area contributed by atoms with Crippen LogP contribution in [0.2, 0.25) is 0 Å². The SMILES string of the molecule is CCN(c1ccc(C)cc1)c1ccc([N+](=O)[O-])cc1. The molecule has 2 aromatic rings. The molecule has 0 heterocycles. The van der Waals surface area contributed by atoms with Gasteiger partial charge in [0.15, 0.2) is 0 Å². The molecular formula is C15H16N2O2. The fraction of sp³-hybridized carbons (Fsp3) is 0.200. The van der Waals surface area contributed by atoms with Gasteiger partial charge in [0, 0.05) is 30.1 Å². The van der Waals surface area contributed by atoms with E-state index in [1.54, 1.807) is 12.1 Å². The molecule has 0 radical (unpaired) electrons. The van der Waals surface area contributed by atoms with E-state index >= 15 is 0 Å². The van der Waals surface area contributed by atoms with Gasteiger partial charge in [-0.3, -0.25) is 10.1 Å². The highest BCUT2D eigenvalue weighted by molar-refractivity contribution is 5.64. The molecule has 0 saturated heterocycles. The van der Waals surface area contributed by atoms with E-state index in [0.717, 1.165) is 17.9 Å². The van der Waals surface area contributed by atoms with Crippen molar-refractivity contribution < 1.29 is 4.92 Å². The Morgan fingerprint density at radius 2 is 1.47 bits per heavy atom. The maximum atomic E-state index is 10.7. The molecule has 0 unspecified atom stereocenters. The number of hydrogen-bond acceptors (Lipinski definition) is 3. The van der Waals surface area contributed by atoms with E-state index in [0.29, 0.717) is 0 Å². The topological polar surface area (TPSA) is 46.4 Å². The average Bonchev–Trinajstić information content (AvgIpc) is 2.42. The highest BCUT2D eigenvalue weighted by Gasteiger charge is 2.09. The highest BCUT2D eigenvalue weighted by Crippen LogP contribution is 2.26. The largest absolute Gasteiger partial charge is 0.342 e. The monoisotopic (exact) mass is 256 g/mol. The minimum atomic E-state index is -0.383. The molecule has 0 aliphatic carbocycles. The van der Waals surface area contributed by atoms with E-state index < -0.39 is 0 Å². The summed E-state index contributed by atoms with van der Waals surface area (Å²) in [5.74, 6) is 0. The number of nitro benzene ring substituents is 1. The molecule has 0 atom stereocenters. The van der Waals surface area contributed by atoms with Crippen LogP contribution in [0.3, 0.4) is 0 Å². The van der Waals surface area contributed by atoms with Crippen molar-refractivity contribution in [3.05, 3.63) is 64.2 Å². The molecule has 0 N–H and O–H groups in total. The predicted octanol–water partition coefficient (Wildman–Crippen LogP) is 4.06. The molecule has 19 heavy (non-hydrogen) atoms. The molecule has 4 nitrogen and oxygen atoms in total. The Hall–Kier alpha value is -2.36. The Balaban J connectivity index is 2.31. The summed E-state index contributed by atoms with van der Waals surface area (Å²) in [7, 11) is 0. The molecule has 0 aliphatic heterocycles. The summed E-state index contributed by atoms with van der Waals surface area (Å²) in [5, 5.41) is 10.7. The van der Waals surface area contributed by atoms with Crippen LogP contribution in [-0.2, 0) is 0 Å². The van der Waals surface area contributed by atoms with Crippen molar-refractivity contribution in [2.75, 3.05) is 11.4 Å². The number of rotatable bonds is 4. The molecule has 0 aromatic heterocycles. The van der Waals surface area contributed by atoms with Crippen LogP contribution in [0.15, 0.2) is 48.5 Å². The first-order valence-electron chi connectivity index (χ1n) is 6.20. The third-order valence-electron chi connectivity index (χ3n) is 3.03. The van der Waals surface area contributed by atoms with Gasteiger partial charge in [-0.25, -0.2) is 0 Å². The maximum Gasteiger partial charge on any atom is 0.269 e. The van der Waals surface area contributed by atoms with Gasteiger partial charge in [-0.1, -0.05) is 17.7 Å². The van der Waals surface area contributed by atoms with Crippen LogP contribution in [0.4, 0.5) is 17.1 Å². The van der Waals surface area contributed by atoms with Crippen molar-refractivity contribution in [3.63, 3.8) is 0 Å². The fourth-order valence-corrected chi connectivity index (χ4v) is 1.99. The molecule has 0 bridgehead atoms. The van der Waals surface area contributed by atoms with Crippen molar-refractivity contribution in [1.29, 1.82) is 0 Å². The van der Waals surface area contributed by atoms with Crippen molar-refractivity contribution in [2.45, 2.75) is 13.8 Å². The first-order valence-corrected chi connectivity index (χ1v) is 6.20. The van der Waals surface area contributed by atoms with Gasteiger partial charge in [-0.05, 0) is 38.1 Å². The average molecular weight is 256 g/mol. The minimum Gasteiger partial charge on any atom is -0.342 e. The third kappa shape index (κ3) is 2.91. The maximum absolute atomic E-state index is 10.7. The first-order chi connectivity index (χ1) is 9.11. The predicted molar refractivity (Wildman–Crippen MR) is 77.0 cm³/mol. The zero-order chi connectivity index (χ0) is 13.8. The molecule has 0 amide bonds. The second kappa shape index (κ2) is 5.52. The molecule has 2 rings (SSSR count). The van der Waals surface area contributed by atoms with Crippen LogP contribution in [0.5, 0.6) is 0 Å². The molecule has 0 aliphatic rings. The zero-order valence-electron chi connectivity index (χ0n) is 11.0. The normalized spacial score (nSPS) is 10.2. The van der Waals surface area contributed by atoms with Gasteiger partial charge >= 0.3 is 0 Å². The fourth-order valence-electron chi connectivity index (χ4n) is 1.99. The van der Waals surface area contributed by atoms with Gasteiger partial charge in [0.05, 0.1) is 4.92 Å². The third-order valence-corrected chi connectivity index (χ3v) is 3.03. The lowest BCUT2D eigenvalue weighted by atomic mass is 10.2.